The minimum Gasteiger partial charge on any atom is -0.320 e. The predicted molar refractivity (Wildman–Crippen MR) is 134 cm³/mol. The molecule has 1 fully saturated rings. The van der Waals surface area contributed by atoms with E-state index in [1.807, 2.05) is 35.2 Å². The molecule has 0 aliphatic carbocycles. The zero-order valence-electron chi connectivity index (χ0n) is 18.6. The number of benzene rings is 4. The number of imidazole rings is 1. The van der Waals surface area contributed by atoms with Crippen LogP contribution in [0.15, 0.2) is 97.1 Å². The van der Waals surface area contributed by atoms with Gasteiger partial charge in [-0.2, -0.15) is 0 Å². The lowest BCUT2D eigenvalue weighted by molar-refractivity contribution is -0.117. The van der Waals surface area contributed by atoms with Crippen LogP contribution in [0.5, 0.6) is 0 Å². The first-order chi connectivity index (χ1) is 16.2. The van der Waals surface area contributed by atoms with E-state index in [2.05, 4.69) is 78.2 Å². The SMILES string of the molecule is CC(c1ccccc1)n1c(C2CC(=O)N(c3cccc4ccccc34)C2)nc2ccccc21. The molecule has 1 saturated heterocycles. The summed E-state index contributed by atoms with van der Waals surface area (Å²) in [6.07, 6.45) is 0.466. The molecule has 33 heavy (non-hydrogen) atoms. The van der Waals surface area contributed by atoms with Crippen LogP contribution >= 0.6 is 0 Å². The third-order valence-electron chi connectivity index (χ3n) is 6.84. The second kappa shape index (κ2) is 7.89. The van der Waals surface area contributed by atoms with Crippen LogP contribution < -0.4 is 4.90 Å². The highest BCUT2D eigenvalue weighted by molar-refractivity contribution is 6.05. The van der Waals surface area contributed by atoms with Crippen molar-refractivity contribution < 1.29 is 4.79 Å². The second-order valence-corrected chi connectivity index (χ2v) is 8.82. The Labute approximate surface area is 193 Å². The average molecular weight is 432 g/mol. The van der Waals surface area contributed by atoms with Gasteiger partial charge in [0.25, 0.3) is 0 Å². The number of aromatic nitrogens is 2. The third-order valence-corrected chi connectivity index (χ3v) is 6.84. The van der Waals surface area contributed by atoms with Crippen molar-refractivity contribution in [2.45, 2.75) is 25.3 Å². The molecule has 0 N–H and O–H groups in total. The first-order valence-electron chi connectivity index (χ1n) is 11.5. The van der Waals surface area contributed by atoms with E-state index < -0.39 is 0 Å². The Morgan fingerprint density at radius 2 is 1.58 bits per heavy atom. The maximum atomic E-state index is 13.3. The van der Waals surface area contributed by atoms with Crippen LogP contribution in [-0.2, 0) is 4.79 Å². The number of hydrogen-bond acceptors (Lipinski definition) is 2. The zero-order valence-corrected chi connectivity index (χ0v) is 18.6. The highest BCUT2D eigenvalue weighted by Gasteiger charge is 2.36. The van der Waals surface area contributed by atoms with Gasteiger partial charge < -0.3 is 9.47 Å². The monoisotopic (exact) mass is 431 g/mol. The molecule has 1 aliphatic heterocycles. The van der Waals surface area contributed by atoms with Gasteiger partial charge in [-0.25, -0.2) is 4.98 Å². The summed E-state index contributed by atoms with van der Waals surface area (Å²) >= 11 is 0. The molecule has 2 heterocycles. The van der Waals surface area contributed by atoms with Crippen molar-refractivity contribution in [1.29, 1.82) is 0 Å². The maximum Gasteiger partial charge on any atom is 0.227 e. The van der Waals surface area contributed by atoms with Crippen LogP contribution in [0.4, 0.5) is 5.69 Å². The molecule has 162 valence electrons. The van der Waals surface area contributed by atoms with Crippen LogP contribution in [0, 0.1) is 0 Å². The van der Waals surface area contributed by atoms with Crippen molar-refractivity contribution in [3.63, 3.8) is 0 Å². The molecule has 2 unspecified atom stereocenters. The molecular weight excluding hydrogens is 406 g/mol. The molecule has 6 rings (SSSR count). The normalized spacial score (nSPS) is 17.2. The van der Waals surface area contributed by atoms with Crippen molar-refractivity contribution in [1.82, 2.24) is 9.55 Å². The summed E-state index contributed by atoms with van der Waals surface area (Å²) in [7, 11) is 0. The van der Waals surface area contributed by atoms with E-state index in [0.29, 0.717) is 13.0 Å². The van der Waals surface area contributed by atoms with Crippen molar-refractivity contribution in [2.24, 2.45) is 0 Å². The fraction of sp³-hybridized carbons (Fsp3) is 0.172. The van der Waals surface area contributed by atoms with E-state index in [0.717, 1.165) is 33.3 Å². The first kappa shape index (κ1) is 19.7. The molecule has 4 aromatic carbocycles. The summed E-state index contributed by atoms with van der Waals surface area (Å²) in [4.78, 5) is 20.3. The minimum atomic E-state index is 0.0371. The Kier molecular flexibility index (Phi) is 4.72. The highest BCUT2D eigenvalue weighted by atomic mass is 16.2. The summed E-state index contributed by atoms with van der Waals surface area (Å²) < 4.78 is 2.33. The largest absolute Gasteiger partial charge is 0.320 e. The summed E-state index contributed by atoms with van der Waals surface area (Å²) in [5, 5.41) is 2.26. The van der Waals surface area contributed by atoms with Crippen molar-refractivity contribution in [2.75, 3.05) is 11.4 Å². The molecule has 2 atom stereocenters. The van der Waals surface area contributed by atoms with Crippen LogP contribution in [0.3, 0.4) is 0 Å². The molecule has 0 bridgehead atoms. The summed E-state index contributed by atoms with van der Waals surface area (Å²) in [6.45, 7) is 2.85. The van der Waals surface area contributed by atoms with E-state index in [-0.39, 0.29) is 17.9 Å². The lowest BCUT2D eigenvalue weighted by Gasteiger charge is -2.22. The number of para-hydroxylation sites is 2. The molecule has 0 spiro atoms. The lowest BCUT2D eigenvalue weighted by Crippen LogP contribution is -2.25. The lowest BCUT2D eigenvalue weighted by atomic mass is 10.0. The molecule has 0 saturated carbocycles. The third kappa shape index (κ3) is 3.30. The number of carbonyl (C=O) groups is 1. The average Bonchev–Trinajstić information content (AvgIpc) is 3.44. The molecule has 1 aromatic heterocycles. The van der Waals surface area contributed by atoms with Crippen molar-refractivity contribution in [3.8, 4) is 0 Å². The van der Waals surface area contributed by atoms with E-state index in [1.165, 1.54) is 5.56 Å². The first-order valence-corrected chi connectivity index (χ1v) is 11.5. The van der Waals surface area contributed by atoms with E-state index >= 15 is 0 Å². The van der Waals surface area contributed by atoms with Gasteiger partial charge in [-0.15, -0.1) is 0 Å². The standard InChI is InChI=1S/C29H25N3O/c1-20(21-10-3-2-4-11-21)32-27-16-8-7-15-25(27)30-29(32)23-18-28(33)31(19-23)26-17-9-13-22-12-5-6-14-24(22)26/h2-17,20,23H,18-19H2,1H3. The number of anilines is 1. The number of hydrogen-bond donors (Lipinski definition) is 0. The smallest absolute Gasteiger partial charge is 0.227 e. The van der Waals surface area contributed by atoms with E-state index in [9.17, 15) is 4.79 Å². The number of nitrogens with zero attached hydrogens (tertiary/aromatic N) is 3. The van der Waals surface area contributed by atoms with Crippen LogP contribution in [0.1, 0.15) is 36.7 Å². The van der Waals surface area contributed by atoms with Gasteiger partial charge in [0.2, 0.25) is 5.91 Å². The van der Waals surface area contributed by atoms with Crippen LogP contribution in [0.25, 0.3) is 21.8 Å². The Morgan fingerprint density at radius 1 is 0.848 bits per heavy atom. The van der Waals surface area contributed by atoms with Crippen LogP contribution in [0.2, 0.25) is 0 Å². The molecule has 1 aliphatic rings. The Hall–Kier alpha value is -3.92. The summed E-state index contributed by atoms with van der Waals surface area (Å²) in [5.41, 5.74) is 4.31. The highest BCUT2D eigenvalue weighted by Crippen LogP contribution is 2.38. The maximum absolute atomic E-state index is 13.3. The van der Waals surface area contributed by atoms with E-state index in [1.54, 1.807) is 0 Å². The fourth-order valence-corrected chi connectivity index (χ4v) is 5.20. The van der Waals surface area contributed by atoms with Gasteiger partial charge in [0.15, 0.2) is 0 Å². The van der Waals surface area contributed by atoms with Gasteiger partial charge in [0.05, 0.1) is 22.8 Å². The van der Waals surface area contributed by atoms with Gasteiger partial charge in [-0.3, -0.25) is 4.79 Å². The summed E-state index contributed by atoms with van der Waals surface area (Å²) in [5.74, 6) is 1.18. The quantitative estimate of drug-likeness (QED) is 0.334. The molecule has 4 heteroatoms. The number of carbonyl (C=O) groups excluding carboxylic acids is 1. The van der Waals surface area contributed by atoms with Crippen molar-refractivity contribution in [3.05, 3.63) is 108 Å². The fourth-order valence-electron chi connectivity index (χ4n) is 5.20. The van der Waals surface area contributed by atoms with Gasteiger partial charge in [0.1, 0.15) is 5.82 Å². The van der Waals surface area contributed by atoms with E-state index in [4.69, 9.17) is 4.98 Å². The Balaban J connectivity index is 1.44. The minimum absolute atomic E-state index is 0.0371. The van der Waals surface area contributed by atoms with Gasteiger partial charge in [0, 0.05) is 24.3 Å². The molecule has 4 nitrogen and oxygen atoms in total. The molecule has 5 aromatic rings. The zero-order chi connectivity index (χ0) is 22.4. The predicted octanol–water partition coefficient (Wildman–Crippen LogP) is 6.32. The Morgan fingerprint density at radius 3 is 2.45 bits per heavy atom. The number of fused-ring (bicyclic) bond motifs is 2. The number of rotatable bonds is 4. The second-order valence-electron chi connectivity index (χ2n) is 8.82. The van der Waals surface area contributed by atoms with Gasteiger partial charge in [-0.05, 0) is 36.1 Å². The number of amides is 1. The van der Waals surface area contributed by atoms with Crippen molar-refractivity contribution >= 4 is 33.4 Å². The van der Waals surface area contributed by atoms with Gasteiger partial charge in [-0.1, -0.05) is 78.9 Å². The van der Waals surface area contributed by atoms with Crippen LogP contribution in [-0.4, -0.2) is 22.0 Å². The van der Waals surface area contributed by atoms with Gasteiger partial charge >= 0.3 is 0 Å². The molecular formula is C29H25N3O. The molecule has 0 radical (unpaired) electrons. The summed E-state index contributed by atoms with van der Waals surface area (Å²) in [6, 6.07) is 33.3. The Bertz CT molecular complexity index is 1470. The topological polar surface area (TPSA) is 38.1 Å². The molecule has 1 amide bonds.